The van der Waals surface area contributed by atoms with E-state index in [9.17, 15) is 0 Å². The third-order valence-corrected chi connectivity index (χ3v) is 3.34. The van der Waals surface area contributed by atoms with Gasteiger partial charge in [-0.05, 0) is 31.4 Å². The Kier molecular flexibility index (Phi) is 2.45. The van der Waals surface area contributed by atoms with Crippen LogP contribution in [0.1, 0.15) is 24.8 Å². The molecule has 0 bridgehead atoms. The Morgan fingerprint density at radius 3 is 2.76 bits per heavy atom. The summed E-state index contributed by atoms with van der Waals surface area (Å²) < 4.78 is 1.79. The van der Waals surface area contributed by atoms with E-state index in [0.29, 0.717) is 5.56 Å². The van der Waals surface area contributed by atoms with Crippen LogP contribution in [0, 0.1) is 11.3 Å². The molecule has 1 saturated heterocycles. The zero-order valence-electron chi connectivity index (χ0n) is 9.63. The fourth-order valence-corrected chi connectivity index (χ4v) is 2.40. The molecule has 0 spiro atoms. The summed E-state index contributed by atoms with van der Waals surface area (Å²) in [6.07, 6.45) is 7.50. The molecule has 3 heterocycles. The van der Waals surface area contributed by atoms with Crippen LogP contribution in [0.5, 0.6) is 0 Å². The van der Waals surface area contributed by atoms with Crippen molar-refractivity contribution in [3.05, 3.63) is 30.1 Å². The number of anilines is 1. The van der Waals surface area contributed by atoms with Crippen molar-refractivity contribution in [2.24, 2.45) is 0 Å². The quantitative estimate of drug-likeness (QED) is 0.748. The van der Waals surface area contributed by atoms with Crippen LogP contribution in [0.2, 0.25) is 0 Å². The molecule has 0 amide bonds. The number of pyridine rings is 1. The lowest BCUT2D eigenvalue weighted by Crippen LogP contribution is -2.29. The van der Waals surface area contributed by atoms with Crippen LogP contribution in [0.15, 0.2) is 24.5 Å². The summed E-state index contributed by atoms with van der Waals surface area (Å²) in [5.74, 6) is 0. The summed E-state index contributed by atoms with van der Waals surface area (Å²) in [6, 6.07) is 6.22. The summed E-state index contributed by atoms with van der Waals surface area (Å²) >= 11 is 0. The molecule has 1 aliphatic rings. The van der Waals surface area contributed by atoms with Crippen molar-refractivity contribution in [3.8, 4) is 6.07 Å². The molecule has 0 saturated carbocycles. The van der Waals surface area contributed by atoms with Gasteiger partial charge < -0.3 is 4.90 Å². The molecular weight excluding hydrogens is 212 g/mol. The Balaban J connectivity index is 1.99. The molecule has 0 N–H and O–H groups in total. The summed E-state index contributed by atoms with van der Waals surface area (Å²) in [5.41, 5.74) is 2.72. The third kappa shape index (κ3) is 1.74. The Morgan fingerprint density at radius 2 is 2.00 bits per heavy atom. The molecule has 1 fully saturated rings. The van der Waals surface area contributed by atoms with Crippen LogP contribution in [0.3, 0.4) is 0 Å². The highest BCUT2D eigenvalue weighted by molar-refractivity contribution is 5.63. The maximum absolute atomic E-state index is 8.93. The number of nitrogens with zero attached hydrogens (tertiary/aromatic N) is 4. The standard InChI is InChI=1S/C13H14N4/c14-8-11-9-15-17-10-12(4-5-13(11)17)16-6-2-1-3-7-16/h4-5,9-10H,1-3,6-7H2. The third-order valence-electron chi connectivity index (χ3n) is 3.34. The van der Waals surface area contributed by atoms with Gasteiger partial charge in [0, 0.05) is 13.1 Å². The van der Waals surface area contributed by atoms with Crippen LogP contribution < -0.4 is 4.90 Å². The van der Waals surface area contributed by atoms with Crippen molar-refractivity contribution >= 4 is 11.2 Å². The van der Waals surface area contributed by atoms with Gasteiger partial charge in [-0.2, -0.15) is 10.4 Å². The number of rotatable bonds is 1. The van der Waals surface area contributed by atoms with E-state index in [4.69, 9.17) is 5.26 Å². The van der Waals surface area contributed by atoms with E-state index in [1.165, 1.54) is 24.9 Å². The van der Waals surface area contributed by atoms with Crippen LogP contribution in [-0.2, 0) is 0 Å². The van der Waals surface area contributed by atoms with Crippen molar-refractivity contribution in [2.75, 3.05) is 18.0 Å². The zero-order chi connectivity index (χ0) is 11.7. The van der Waals surface area contributed by atoms with Crippen LogP contribution in [-0.4, -0.2) is 22.7 Å². The van der Waals surface area contributed by atoms with Gasteiger partial charge >= 0.3 is 0 Å². The largest absolute Gasteiger partial charge is 0.370 e. The van der Waals surface area contributed by atoms with E-state index in [0.717, 1.165) is 18.6 Å². The Hall–Kier alpha value is -2.02. The SMILES string of the molecule is N#Cc1cnn2cc(N3CCCCC3)ccc12. The summed E-state index contributed by atoms with van der Waals surface area (Å²) in [7, 11) is 0. The Bertz CT molecular complexity index is 573. The Morgan fingerprint density at radius 1 is 1.18 bits per heavy atom. The van der Waals surface area contributed by atoms with Crippen molar-refractivity contribution in [1.29, 1.82) is 5.26 Å². The molecule has 3 rings (SSSR count). The first-order valence-electron chi connectivity index (χ1n) is 6.01. The average Bonchev–Trinajstić information content (AvgIpc) is 2.81. The van der Waals surface area contributed by atoms with E-state index >= 15 is 0 Å². The molecule has 1 aliphatic heterocycles. The lowest BCUT2D eigenvalue weighted by atomic mass is 10.1. The molecule has 0 unspecified atom stereocenters. The number of hydrogen-bond acceptors (Lipinski definition) is 3. The fraction of sp³-hybridized carbons (Fsp3) is 0.385. The number of nitriles is 1. The van der Waals surface area contributed by atoms with Crippen molar-refractivity contribution in [2.45, 2.75) is 19.3 Å². The van der Waals surface area contributed by atoms with Gasteiger partial charge in [-0.25, -0.2) is 4.52 Å². The molecule has 0 atom stereocenters. The molecule has 2 aromatic rings. The van der Waals surface area contributed by atoms with Crippen molar-refractivity contribution in [1.82, 2.24) is 9.61 Å². The zero-order valence-corrected chi connectivity index (χ0v) is 9.63. The minimum absolute atomic E-state index is 0.634. The molecule has 4 nitrogen and oxygen atoms in total. The van der Waals surface area contributed by atoms with Gasteiger partial charge in [0.25, 0.3) is 0 Å². The minimum atomic E-state index is 0.634. The van der Waals surface area contributed by atoms with Gasteiger partial charge in [-0.1, -0.05) is 0 Å². The van der Waals surface area contributed by atoms with Gasteiger partial charge in [0.2, 0.25) is 0 Å². The van der Waals surface area contributed by atoms with E-state index in [1.54, 1.807) is 10.7 Å². The fourth-order valence-electron chi connectivity index (χ4n) is 2.40. The van der Waals surface area contributed by atoms with Gasteiger partial charge in [0.05, 0.1) is 29.2 Å². The highest BCUT2D eigenvalue weighted by Gasteiger charge is 2.12. The van der Waals surface area contributed by atoms with Crippen molar-refractivity contribution < 1.29 is 0 Å². The second-order valence-electron chi connectivity index (χ2n) is 4.43. The molecule has 0 radical (unpaired) electrons. The van der Waals surface area contributed by atoms with E-state index in [-0.39, 0.29) is 0 Å². The van der Waals surface area contributed by atoms with Crippen LogP contribution >= 0.6 is 0 Å². The molecule has 0 aromatic carbocycles. The molecular formula is C13H14N4. The van der Waals surface area contributed by atoms with E-state index in [1.807, 2.05) is 12.3 Å². The molecule has 4 heteroatoms. The molecule has 2 aromatic heterocycles. The smallest absolute Gasteiger partial charge is 0.103 e. The second-order valence-corrected chi connectivity index (χ2v) is 4.43. The van der Waals surface area contributed by atoms with E-state index in [2.05, 4.69) is 22.1 Å². The summed E-state index contributed by atoms with van der Waals surface area (Å²) in [6.45, 7) is 2.25. The lowest BCUT2D eigenvalue weighted by Gasteiger charge is -2.28. The second kappa shape index (κ2) is 4.10. The molecule has 0 aliphatic carbocycles. The van der Waals surface area contributed by atoms with Gasteiger partial charge in [-0.15, -0.1) is 0 Å². The molecule has 86 valence electrons. The van der Waals surface area contributed by atoms with Gasteiger partial charge in [0.1, 0.15) is 6.07 Å². The first-order chi connectivity index (χ1) is 8.38. The maximum atomic E-state index is 8.93. The highest BCUT2D eigenvalue weighted by atomic mass is 15.2. The maximum Gasteiger partial charge on any atom is 0.103 e. The van der Waals surface area contributed by atoms with Gasteiger partial charge in [-0.3, -0.25) is 0 Å². The molecule has 17 heavy (non-hydrogen) atoms. The highest BCUT2D eigenvalue weighted by Crippen LogP contribution is 2.21. The van der Waals surface area contributed by atoms with Crippen molar-refractivity contribution in [3.63, 3.8) is 0 Å². The summed E-state index contributed by atoms with van der Waals surface area (Å²) in [4.78, 5) is 2.39. The van der Waals surface area contributed by atoms with Crippen LogP contribution in [0.4, 0.5) is 5.69 Å². The number of fused-ring (bicyclic) bond motifs is 1. The predicted octanol–water partition coefficient (Wildman–Crippen LogP) is 2.20. The van der Waals surface area contributed by atoms with Gasteiger partial charge in [0.15, 0.2) is 0 Å². The van der Waals surface area contributed by atoms with Crippen LogP contribution in [0.25, 0.3) is 5.52 Å². The summed E-state index contributed by atoms with van der Waals surface area (Å²) in [5, 5.41) is 13.1. The monoisotopic (exact) mass is 226 g/mol. The predicted molar refractivity (Wildman–Crippen MR) is 66.0 cm³/mol. The topological polar surface area (TPSA) is 44.3 Å². The Labute approximate surface area is 100 Å². The normalized spacial score (nSPS) is 16.1. The first kappa shape index (κ1) is 10.2. The van der Waals surface area contributed by atoms with E-state index < -0.39 is 0 Å². The average molecular weight is 226 g/mol. The first-order valence-corrected chi connectivity index (χ1v) is 6.01. The number of aromatic nitrogens is 2. The lowest BCUT2D eigenvalue weighted by molar-refractivity contribution is 0.577. The minimum Gasteiger partial charge on any atom is -0.370 e. The number of hydrogen-bond donors (Lipinski definition) is 0. The number of piperidine rings is 1.